The molecular weight excluding hydrogens is 501 g/mol. The second-order valence-corrected chi connectivity index (χ2v) is 7.64. The van der Waals surface area contributed by atoms with Crippen molar-refractivity contribution in [1.82, 2.24) is 20.2 Å². The van der Waals surface area contributed by atoms with E-state index in [1.165, 1.54) is 5.56 Å². The third kappa shape index (κ3) is 5.86. The van der Waals surface area contributed by atoms with Crippen LogP contribution in [-0.2, 0) is 11.3 Å². The standard InChI is InChI=1S/C24H29N5O.HI/c1-25-24(27-15-20-13-14-30-23(20)19-11-7-4-8-12-19)29(2)17-22-26-16-21(28-22)18-9-5-3-6-10-18;/h3-12,16,20,23H,13-15,17H2,1-2H3,(H,25,27)(H,26,28);1H. The zero-order valence-corrected chi connectivity index (χ0v) is 20.3. The predicted octanol–water partition coefficient (Wildman–Crippen LogP) is 4.48. The second kappa shape index (κ2) is 11.3. The normalized spacial score (nSPS) is 18.5. The molecule has 1 saturated heterocycles. The summed E-state index contributed by atoms with van der Waals surface area (Å²) in [6, 6.07) is 20.7. The smallest absolute Gasteiger partial charge is 0.193 e. The average Bonchev–Trinajstić information content (AvgIpc) is 3.45. The fraction of sp³-hybridized carbons (Fsp3) is 0.333. The zero-order valence-electron chi connectivity index (χ0n) is 18.0. The van der Waals surface area contributed by atoms with Crippen molar-refractivity contribution in [3.05, 3.63) is 78.2 Å². The Morgan fingerprint density at radius 1 is 1.16 bits per heavy atom. The van der Waals surface area contributed by atoms with Gasteiger partial charge in [0.15, 0.2) is 5.96 Å². The van der Waals surface area contributed by atoms with Gasteiger partial charge >= 0.3 is 0 Å². The van der Waals surface area contributed by atoms with Gasteiger partial charge in [-0.05, 0) is 17.5 Å². The fourth-order valence-electron chi connectivity index (χ4n) is 3.97. The van der Waals surface area contributed by atoms with Crippen LogP contribution in [0.1, 0.15) is 23.9 Å². The van der Waals surface area contributed by atoms with Crippen LogP contribution < -0.4 is 5.32 Å². The van der Waals surface area contributed by atoms with Crippen LogP contribution in [0.3, 0.4) is 0 Å². The van der Waals surface area contributed by atoms with Crippen LogP contribution in [0, 0.1) is 5.92 Å². The fourth-order valence-corrected chi connectivity index (χ4v) is 3.97. The Balaban J connectivity index is 0.00000272. The maximum Gasteiger partial charge on any atom is 0.193 e. The van der Waals surface area contributed by atoms with Crippen LogP contribution in [0.15, 0.2) is 71.9 Å². The van der Waals surface area contributed by atoms with E-state index in [1.54, 1.807) is 0 Å². The Morgan fingerprint density at radius 3 is 2.58 bits per heavy atom. The number of nitrogens with zero attached hydrogens (tertiary/aromatic N) is 3. The summed E-state index contributed by atoms with van der Waals surface area (Å²) < 4.78 is 6.01. The lowest BCUT2D eigenvalue weighted by Crippen LogP contribution is -2.41. The number of H-pyrrole nitrogens is 1. The second-order valence-electron chi connectivity index (χ2n) is 7.64. The zero-order chi connectivity index (χ0) is 20.8. The van der Waals surface area contributed by atoms with E-state index in [-0.39, 0.29) is 30.1 Å². The van der Waals surface area contributed by atoms with Crippen LogP contribution in [-0.4, -0.2) is 48.1 Å². The Bertz CT molecular complexity index is 960. The molecule has 2 N–H and O–H groups in total. The summed E-state index contributed by atoms with van der Waals surface area (Å²) in [6.07, 6.45) is 3.07. The lowest BCUT2D eigenvalue weighted by molar-refractivity contribution is 0.0914. The quantitative estimate of drug-likeness (QED) is 0.280. The molecule has 0 spiro atoms. The van der Waals surface area contributed by atoms with Crippen molar-refractivity contribution in [3.8, 4) is 11.3 Å². The number of benzene rings is 2. The van der Waals surface area contributed by atoms with E-state index >= 15 is 0 Å². The van der Waals surface area contributed by atoms with Crippen molar-refractivity contribution in [3.63, 3.8) is 0 Å². The molecule has 7 heteroatoms. The molecule has 0 bridgehead atoms. The minimum absolute atomic E-state index is 0. The SMILES string of the molecule is CN=C(NCC1CCOC1c1ccccc1)N(C)Cc1ncc(-c2ccccc2)[nH]1.I. The third-order valence-electron chi connectivity index (χ3n) is 5.54. The molecule has 0 radical (unpaired) electrons. The van der Waals surface area contributed by atoms with E-state index < -0.39 is 0 Å². The topological polar surface area (TPSA) is 65.5 Å². The van der Waals surface area contributed by atoms with E-state index in [2.05, 4.69) is 61.6 Å². The van der Waals surface area contributed by atoms with E-state index in [9.17, 15) is 0 Å². The summed E-state index contributed by atoms with van der Waals surface area (Å²) in [4.78, 5) is 14.5. The minimum atomic E-state index is 0. The molecule has 3 aromatic rings. The maximum absolute atomic E-state index is 6.01. The molecule has 4 rings (SSSR count). The van der Waals surface area contributed by atoms with Crippen LogP contribution in [0.25, 0.3) is 11.3 Å². The number of ether oxygens (including phenoxy) is 1. The number of halogens is 1. The number of aromatic nitrogens is 2. The Kier molecular flexibility index (Phi) is 8.48. The van der Waals surface area contributed by atoms with Crippen molar-refractivity contribution in [2.75, 3.05) is 27.2 Å². The van der Waals surface area contributed by atoms with Crippen molar-refractivity contribution >= 4 is 29.9 Å². The number of nitrogens with one attached hydrogen (secondary N) is 2. The molecule has 31 heavy (non-hydrogen) atoms. The largest absolute Gasteiger partial charge is 0.373 e. The number of hydrogen-bond donors (Lipinski definition) is 2. The van der Waals surface area contributed by atoms with Gasteiger partial charge in [-0.25, -0.2) is 4.98 Å². The predicted molar refractivity (Wildman–Crippen MR) is 136 cm³/mol. The molecule has 1 aliphatic heterocycles. The molecule has 2 unspecified atom stereocenters. The summed E-state index contributed by atoms with van der Waals surface area (Å²) in [5, 5.41) is 3.52. The third-order valence-corrected chi connectivity index (χ3v) is 5.54. The Hall–Kier alpha value is -2.39. The van der Waals surface area contributed by atoms with Gasteiger partial charge in [-0.3, -0.25) is 4.99 Å². The number of guanidine groups is 1. The van der Waals surface area contributed by atoms with Gasteiger partial charge in [0, 0.05) is 33.2 Å². The number of hydrogen-bond acceptors (Lipinski definition) is 3. The molecule has 0 aliphatic carbocycles. The minimum Gasteiger partial charge on any atom is -0.373 e. The van der Waals surface area contributed by atoms with Crippen molar-refractivity contribution < 1.29 is 4.74 Å². The number of aliphatic imine (C=N–C) groups is 1. The first kappa shape index (κ1) is 23.3. The molecule has 1 fully saturated rings. The van der Waals surface area contributed by atoms with Gasteiger partial charge in [0.2, 0.25) is 0 Å². The van der Waals surface area contributed by atoms with Crippen LogP contribution >= 0.6 is 24.0 Å². The Morgan fingerprint density at radius 2 is 1.87 bits per heavy atom. The summed E-state index contributed by atoms with van der Waals surface area (Å²) in [5.74, 6) is 2.18. The molecule has 2 aromatic carbocycles. The van der Waals surface area contributed by atoms with E-state index in [0.717, 1.165) is 42.6 Å². The van der Waals surface area contributed by atoms with Gasteiger partial charge in [-0.1, -0.05) is 60.7 Å². The number of imidazole rings is 1. The highest BCUT2D eigenvalue weighted by atomic mass is 127. The summed E-state index contributed by atoms with van der Waals surface area (Å²) in [7, 11) is 3.84. The first-order chi connectivity index (χ1) is 14.7. The molecule has 0 saturated carbocycles. The first-order valence-electron chi connectivity index (χ1n) is 10.4. The van der Waals surface area contributed by atoms with E-state index in [0.29, 0.717) is 12.5 Å². The summed E-state index contributed by atoms with van der Waals surface area (Å²) >= 11 is 0. The first-order valence-corrected chi connectivity index (χ1v) is 10.4. The molecule has 164 valence electrons. The molecular formula is C24H30IN5O. The van der Waals surface area contributed by atoms with Gasteiger partial charge in [-0.15, -0.1) is 24.0 Å². The van der Waals surface area contributed by atoms with Gasteiger partial charge in [0.25, 0.3) is 0 Å². The Labute approximate surface area is 201 Å². The van der Waals surface area contributed by atoms with Crippen LogP contribution in [0.5, 0.6) is 0 Å². The average molecular weight is 531 g/mol. The van der Waals surface area contributed by atoms with Crippen molar-refractivity contribution in [1.29, 1.82) is 0 Å². The van der Waals surface area contributed by atoms with E-state index in [4.69, 9.17) is 4.74 Å². The summed E-state index contributed by atoms with van der Waals surface area (Å²) in [5.41, 5.74) is 3.40. The van der Waals surface area contributed by atoms with Gasteiger partial charge < -0.3 is 19.9 Å². The maximum atomic E-state index is 6.01. The molecule has 2 heterocycles. The monoisotopic (exact) mass is 531 g/mol. The van der Waals surface area contributed by atoms with Crippen molar-refractivity contribution in [2.24, 2.45) is 10.9 Å². The number of aromatic amines is 1. The summed E-state index contributed by atoms with van der Waals surface area (Å²) in [6.45, 7) is 2.27. The lowest BCUT2D eigenvalue weighted by Gasteiger charge is -2.24. The highest BCUT2D eigenvalue weighted by Gasteiger charge is 2.29. The van der Waals surface area contributed by atoms with Gasteiger partial charge in [-0.2, -0.15) is 0 Å². The molecule has 6 nitrogen and oxygen atoms in total. The van der Waals surface area contributed by atoms with Crippen molar-refractivity contribution in [2.45, 2.75) is 19.1 Å². The van der Waals surface area contributed by atoms with Crippen LogP contribution in [0.2, 0.25) is 0 Å². The molecule has 1 aliphatic rings. The molecule has 1 aromatic heterocycles. The highest BCUT2D eigenvalue weighted by Crippen LogP contribution is 2.33. The molecule has 2 atom stereocenters. The molecule has 0 amide bonds. The van der Waals surface area contributed by atoms with Gasteiger partial charge in [0.05, 0.1) is 24.5 Å². The number of rotatable bonds is 6. The van der Waals surface area contributed by atoms with E-state index in [1.807, 2.05) is 44.6 Å². The highest BCUT2D eigenvalue weighted by molar-refractivity contribution is 14.0. The lowest BCUT2D eigenvalue weighted by atomic mass is 9.95. The van der Waals surface area contributed by atoms with Crippen LogP contribution in [0.4, 0.5) is 0 Å². The van der Waals surface area contributed by atoms with Gasteiger partial charge in [0.1, 0.15) is 5.82 Å².